The second-order valence-electron chi connectivity index (χ2n) is 3.12. The van der Waals surface area contributed by atoms with Crippen LogP contribution in [0, 0.1) is 0 Å². The first-order chi connectivity index (χ1) is 6.74. The molecule has 14 heavy (non-hydrogen) atoms. The fourth-order valence-corrected chi connectivity index (χ4v) is 3.46. The Morgan fingerprint density at radius 1 is 1.86 bits per heavy atom. The lowest BCUT2D eigenvalue weighted by Crippen LogP contribution is -2.65. The molecule has 0 aromatic carbocycles. The van der Waals surface area contributed by atoms with Gasteiger partial charge in [-0.25, -0.2) is 0 Å². The number of amides is 1. The summed E-state index contributed by atoms with van der Waals surface area (Å²) in [5.74, 6) is 1.58. The monoisotopic (exact) mass is 232 g/mol. The van der Waals surface area contributed by atoms with Gasteiger partial charge in [-0.1, -0.05) is 11.8 Å². The van der Waals surface area contributed by atoms with E-state index in [2.05, 4.69) is 0 Å². The number of nitrogens with two attached hydrogens (primary N) is 1. The molecule has 2 aliphatic rings. The molecule has 0 aliphatic carbocycles. The highest BCUT2D eigenvalue weighted by Crippen LogP contribution is 2.38. The Kier molecular flexibility index (Phi) is 3.06. The molecular weight excluding hydrogens is 220 g/mol. The number of hydrogen-bond acceptors (Lipinski definition) is 5. The minimum atomic E-state index is -0.301. The molecule has 0 spiro atoms. The van der Waals surface area contributed by atoms with E-state index in [1.807, 2.05) is 6.20 Å². The minimum Gasteiger partial charge on any atom is -0.374 e. The number of carbonyl (C=O) groups is 1. The predicted molar refractivity (Wildman–Crippen MR) is 58.6 cm³/mol. The van der Waals surface area contributed by atoms with E-state index in [9.17, 15) is 4.79 Å². The summed E-state index contributed by atoms with van der Waals surface area (Å²) in [5.41, 5.74) is 5.65. The number of β-lactam (4-membered cyclic amide) rings is 1. The lowest BCUT2D eigenvalue weighted by Gasteiger charge is -2.45. The van der Waals surface area contributed by atoms with Gasteiger partial charge in [-0.2, -0.15) is 0 Å². The Labute approximate surface area is 91.2 Å². The Bertz CT molecular complexity index is 283. The maximum atomic E-state index is 11.3. The van der Waals surface area contributed by atoms with Crippen molar-refractivity contribution in [1.29, 1.82) is 0 Å². The summed E-state index contributed by atoms with van der Waals surface area (Å²) in [4.78, 5) is 14.2. The van der Waals surface area contributed by atoms with Crippen molar-refractivity contribution in [2.75, 3.05) is 18.8 Å². The molecule has 6 heteroatoms. The van der Waals surface area contributed by atoms with Gasteiger partial charge < -0.3 is 15.4 Å². The molecule has 1 amide bonds. The molecular formula is C8H12N2O2S2. The highest BCUT2D eigenvalue weighted by Gasteiger charge is 2.46. The van der Waals surface area contributed by atoms with Crippen LogP contribution in [-0.2, 0) is 9.53 Å². The number of fused-ring (bicyclic) bond motifs is 1. The van der Waals surface area contributed by atoms with Gasteiger partial charge in [0.15, 0.2) is 0 Å². The number of ether oxygens (including phenoxy) is 1. The molecule has 2 atom stereocenters. The van der Waals surface area contributed by atoms with Crippen LogP contribution in [-0.4, -0.2) is 41.0 Å². The van der Waals surface area contributed by atoms with Gasteiger partial charge in [0, 0.05) is 24.0 Å². The fourth-order valence-electron chi connectivity index (χ4n) is 1.40. The molecule has 0 aromatic heterocycles. The lowest BCUT2D eigenvalue weighted by atomic mass is 10.1. The second kappa shape index (κ2) is 4.14. The Hall–Kier alpha value is -0.170. The quantitative estimate of drug-likeness (QED) is 0.564. The molecule has 0 aromatic rings. The average Bonchev–Trinajstić information content (AvgIpc) is 2.24. The number of methoxy groups -OCH3 is 1. The van der Waals surface area contributed by atoms with E-state index in [0.29, 0.717) is 5.94 Å². The van der Waals surface area contributed by atoms with E-state index >= 15 is 0 Å². The van der Waals surface area contributed by atoms with Crippen LogP contribution >= 0.6 is 23.5 Å². The number of thioether (sulfide) groups is 2. The van der Waals surface area contributed by atoms with Gasteiger partial charge in [-0.15, -0.1) is 11.8 Å². The standard InChI is InChI=1S/C8H12N2O2S2/c1-12-4-14-5-2-10-7(11)6(9)8(10)13-3-5/h2,6,8H,3-4,9H2,1H3/t6-,8-/m1/s1. The van der Waals surface area contributed by atoms with E-state index in [1.165, 1.54) is 4.91 Å². The van der Waals surface area contributed by atoms with Crippen molar-refractivity contribution < 1.29 is 9.53 Å². The third-order valence-corrected chi connectivity index (χ3v) is 4.66. The van der Waals surface area contributed by atoms with Crippen LogP contribution in [0.1, 0.15) is 0 Å². The van der Waals surface area contributed by atoms with Crippen molar-refractivity contribution in [2.24, 2.45) is 5.73 Å². The zero-order valence-electron chi connectivity index (χ0n) is 7.80. The van der Waals surface area contributed by atoms with Crippen LogP contribution in [0.25, 0.3) is 0 Å². The van der Waals surface area contributed by atoms with Crippen LogP contribution < -0.4 is 5.73 Å². The van der Waals surface area contributed by atoms with E-state index in [1.54, 1.807) is 35.5 Å². The summed E-state index contributed by atoms with van der Waals surface area (Å²) in [6.45, 7) is 0. The summed E-state index contributed by atoms with van der Waals surface area (Å²) in [7, 11) is 1.66. The normalized spacial score (nSPS) is 30.9. The third kappa shape index (κ3) is 1.67. The summed E-state index contributed by atoms with van der Waals surface area (Å²) in [5, 5.41) is 0.161. The van der Waals surface area contributed by atoms with Gasteiger partial charge in [0.1, 0.15) is 11.4 Å². The summed E-state index contributed by atoms with van der Waals surface area (Å²) < 4.78 is 4.96. The molecule has 0 saturated carbocycles. The Morgan fingerprint density at radius 3 is 3.36 bits per heavy atom. The van der Waals surface area contributed by atoms with Gasteiger partial charge in [-0.3, -0.25) is 4.79 Å². The third-order valence-electron chi connectivity index (χ3n) is 2.16. The molecule has 2 aliphatic heterocycles. The molecule has 78 valence electrons. The lowest BCUT2D eigenvalue weighted by molar-refractivity contribution is -0.140. The van der Waals surface area contributed by atoms with Gasteiger partial charge in [-0.05, 0) is 0 Å². The predicted octanol–water partition coefficient (Wildman–Crippen LogP) is 0.407. The first kappa shape index (κ1) is 10.4. The summed E-state index contributed by atoms with van der Waals surface area (Å²) in [6.07, 6.45) is 1.90. The van der Waals surface area contributed by atoms with Crippen molar-refractivity contribution in [2.45, 2.75) is 11.4 Å². The van der Waals surface area contributed by atoms with Crippen LogP contribution in [0.3, 0.4) is 0 Å². The van der Waals surface area contributed by atoms with E-state index < -0.39 is 0 Å². The van der Waals surface area contributed by atoms with E-state index in [0.717, 1.165) is 5.75 Å². The minimum absolute atomic E-state index is 0.0257. The second-order valence-corrected chi connectivity index (χ2v) is 5.27. The fraction of sp³-hybridized carbons (Fsp3) is 0.625. The summed E-state index contributed by atoms with van der Waals surface area (Å²) in [6, 6.07) is -0.301. The molecule has 4 nitrogen and oxygen atoms in total. The van der Waals surface area contributed by atoms with Crippen LogP contribution in [0.2, 0.25) is 0 Å². The van der Waals surface area contributed by atoms with Crippen LogP contribution in [0.15, 0.2) is 11.1 Å². The molecule has 2 N–H and O–H groups in total. The van der Waals surface area contributed by atoms with Crippen molar-refractivity contribution in [3.05, 3.63) is 11.1 Å². The number of nitrogens with zero attached hydrogens (tertiary/aromatic N) is 1. The zero-order valence-corrected chi connectivity index (χ0v) is 9.44. The Morgan fingerprint density at radius 2 is 2.64 bits per heavy atom. The highest BCUT2D eigenvalue weighted by molar-refractivity contribution is 8.06. The van der Waals surface area contributed by atoms with Crippen molar-refractivity contribution in [3.8, 4) is 0 Å². The highest BCUT2D eigenvalue weighted by atomic mass is 32.2. The van der Waals surface area contributed by atoms with E-state index in [4.69, 9.17) is 10.5 Å². The number of rotatable bonds is 3. The van der Waals surface area contributed by atoms with Crippen LogP contribution in [0.5, 0.6) is 0 Å². The topological polar surface area (TPSA) is 55.6 Å². The maximum absolute atomic E-state index is 11.3. The molecule has 1 saturated heterocycles. The molecule has 2 heterocycles. The molecule has 0 unspecified atom stereocenters. The average molecular weight is 232 g/mol. The summed E-state index contributed by atoms with van der Waals surface area (Å²) >= 11 is 3.34. The van der Waals surface area contributed by atoms with Crippen molar-refractivity contribution in [3.63, 3.8) is 0 Å². The molecule has 2 rings (SSSR count). The van der Waals surface area contributed by atoms with Crippen molar-refractivity contribution >= 4 is 29.4 Å². The maximum Gasteiger partial charge on any atom is 0.247 e. The van der Waals surface area contributed by atoms with Gasteiger partial charge in [0.25, 0.3) is 0 Å². The van der Waals surface area contributed by atoms with Crippen molar-refractivity contribution in [1.82, 2.24) is 4.90 Å². The molecule has 1 fully saturated rings. The molecule has 0 radical (unpaired) electrons. The number of carbonyl (C=O) groups excluding carboxylic acids is 1. The first-order valence-electron chi connectivity index (χ1n) is 4.26. The SMILES string of the molecule is COCSC1=CN2C(=O)[C@@H](N)[C@H]2SC1. The van der Waals surface area contributed by atoms with Crippen LogP contribution in [0.4, 0.5) is 0 Å². The number of hydrogen-bond donors (Lipinski definition) is 1. The van der Waals surface area contributed by atoms with E-state index in [-0.39, 0.29) is 17.3 Å². The molecule has 0 bridgehead atoms. The van der Waals surface area contributed by atoms with Gasteiger partial charge in [0.05, 0.1) is 5.94 Å². The van der Waals surface area contributed by atoms with Gasteiger partial charge in [0.2, 0.25) is 5.91 Å². The van der Waals surface area contributed by atoms with Gasteiger partial charge >= 0.3 is 0 Å². The smallest absolute Gasteiger partial charge is 0.247 e. The zero-order chi connectivity index (χ0) is 10.1. The largest absolute Gasteiger partial charge is 0.374 e. The Balaban J connectivity index is 1.97. The first-order valence-corrected chi connectivity index (χ1v) is 6.29.